The van der Waals surface area contributed by atoms with Crippen molar-refractivity contribution in [2.24, 2.45) is 0 Å². The number of rotatable bonds is 3. The average molecular weight is 332 g/mol. The van der Waals surface area contributed by atoms with Crippen LogP contribution in [-0.2, 0) is 5.75 Å². The number of nitrogens with zero attached hydrogens (tertiary/aromatic N) is 1. The highest BCUT2D eigenvalue weighted by molar-refractivity contribution is 9.10. The van der Waals surface area contributed by atoms with Crippen molar-refractivity contribution < 1.29 is 0 Å². The van der Waals surface area contributed by atoms with Crippen molar-refractivity contribution in [2.75, 3.05) is 0 Å². The van der Waals surface area contributed by atoms with Crippen molar-refractivity contribution in [3.05, 3.63) is 56.1 Å². The summed E-state index contributed by atoms with van der Waals surface area (Å²) in [6, 6.07) is 7.54. The molecule has 1 aromatic carbocycles. The summed E-state index contributed by atoms with van der Waals surface area (Å²) < 4.78 is 0.442. The quantitative estimate of drug-likeness (QED) is 0.876. The Hall–Kier alpha value is -0.780. The fraction of sp³-hybridized carbons (Fsp3) is 0.0909. The molecule has 0 radical (unpaired) electrons. The highest BCUT2D eigenvalue weighted by Gasteiger charge is 2.01. The number of H-pyrrole nitrogens is 1. The minimum absolute atomic E-state index is 0.160. The molecular weight excluding hydrogens is 324 g/mol. The van der Waals surface area contributed by atoms with Gasteiger partial charge < -0.3 is 4.98 Å². The van der Waals surface area contributed by atoms with Gasteiger partial charge in [-0.3, -0.25) is 4.79 Å². The van der Waals surface area contributed by atoms with Gasteiger partial charge in [-0.15, -0.1) is 11.8 Å². The molecule has 0 saturated carbocycles. The van der Waals surface area contributed by atoms with Crippen LogP contribution in [0, 0.1) is 0 Å². The molecule has 2 aromatic rings. The lowest BCUT2D eigenvalue weighted by Crippen LogP contribution is -2.10. The Kier molecular flexibility index (Phi) is 4.25. The Balaban J connectivity index is 2.04. The Morgan fingerprint density at radius 1 is 1.35 bits per heavy atom. The van der Waals surface area contributed by atoms with Gasteiger partial charge in [0, 0.05) is 16.1 Å². The Labute approximate surface area is 116 Å². The van der Waals surface area contributed by atoms with E-state index in [2.05, 4.69) is 25.9 Å². The van der Waals surface area contributed by atoms with Crippen molar-refractivity contribution in [2.45, 2.75) is 10.6 Å². The Morgan fingerprint density at radius 3 is 2.71 bits per heavy atom. The summed E-state index contributed by atoms with van der Waals surface area (Å²) in [5.74, 6) is 1.27. The third kappa shape index (κ3) is 3.59. The fourth-order valence-corrected chi connectivity index (χ4v) is 2.28. The number of benzene rings is 1. The Morgan fingerprint density at radius 2 is 2.06 bits per heavy atom. The molecule has 6 heteroatoms. The molecule has 2 rings (SSSR count). The first-order valence-electron chi connectivity index (χ1n) is 4.77. The molecule has 0 aliphatic heterocycles. The van der Waals surface area contributed by atoms with Crippen molar-refractivity contribution >= 4 is 39.3 Å². The molecule has 88 valence electrons. The average Bonchev–Trinajstić information content (AvgIpc) is 2.33. The normalized spacial score (nSPS) is 10.5. The molecule has 1 N–H and O–H groups in total. The van der Waals surface area contributed by atoms with Gasteiger partial charge in [0.15, 0.2) is 0 Å². The van der Waals surface area contributed by atoms with Gasteiger partial charge in [-0.25, -0.2) is 4.98 Å². The van der Waals surface area contributed by atoms with Gasteiger partial charge in [-0.05, 0) is 40.2 Å². The summed E-state index contributed by atoms with van der Waals surface area (Å²) in [6.07, 6.45) is 1.51. The smallest absolute Gasteiger partial charge is 0.265 e. The van der Waals surface area contributed by atoms with E-state index in [0.717, 1.165) is 4.90 Å². The van der Waals surface area contributed by atoms with Crippen LogP contribution in [0.3, 0.4) is 0 Å². The lowest BCUT2D eigenvalue weighted by Gasteiger charge is -2.01. The molecule has 0 fully saturated rings. The first-order valence-corrected chi connectivity index (χ1v) is 6.93. The zero-order valence-corrected chi connectivity index (χ0v) is 11.8. The van der Waals surface area contributed by atoms with Gasteiger partial charge in [0.2, 0.25) is 0 Å². The predicted molar refractivity (Wildman–Crippen MR) is 73.6 cm³/mol. The molecule has 0 spiro atoms. The number of aromatic nitrogens is 2. The van der Waals surface area contributed by atoms with Gasteiger partial charge in [-0.1, -0.05) is 11.6 Å². The topological polar surface area (TPSA) is 45.8 Å². The van der Waals surface area contributed by atoms with E-state index in [1.165, 1.54) is 6.20 Å². The van der Waals surface area contributed by atoms with Crippen LogP contribution in [-0.4, -0.2) is 9.97 Å². The van der Waals surface area contributed by atoms with Crippen molar-refractivity contribution in [1.82, 2.24) is 9.97 Å². The van der Waals surface area contributed by atoms with E-state index in [4.69, 9.17) is 11.6 Å². The van der Waals surface area contributed by atoms with Crippen LogP contribution in [0.15, 0.2) is 44.6 Å². The third-order valence-corrected chi connectivity index (χ3v) is 3.84. The maximum absolute atomic E-state index is 11.3. The maximum Gasteiger partial charge on any atom is 0.265 e. The lowest BCUT2D eigenvalue weighted by molar-refractivity contribution is 0.990. The molecule has 3 nitrogen and oxygen atoms in total. The minimum atomic E-state index is -0.160. The lowest BCUT2D eigenvalue weighted by atomic mass is 10.4. The highest BCUT2D eigenvalue weighted by atomic mass is 79.9. The van der Waals surface area contributed by atoms with E-state index in [-0.39, 0.29) is 5.56 Å². The SMILES string of the molecule is O=c1[nH]c(CSc2ccc(Cl)cc2)ncc1Br. The molecular formula is C11H8BrClN2OS. The van der Waals surface area contributed by atoms with Crippen LogP contribution in [0.5, 0.6) is 0 Å². The fourth-order valence-electron chi connectivity index (χ4n) is 1.17. The van der Waals surface area contributed by atoms with Crippen LogP contribution in [0.2, 0.25) is 5.02 Å². The molecule has 0 amide bonds. The van der Waals surface area contributed by atoms with Crippen LogP contribution < -0.4 is 5.56 Å². The summed E-state index contributed by atoms with van der Waals surface area (Å²) in [6.45, 7) is 0. The summed E-state index contributed by atoms with van der Waals surface area (Å²) in [5.41, 5.74) is -0.160. The van der Waals surface area contributed by atoms with Gasteiger partial charge in [0.05, 0.1) is 5.75 Å². The zero-order valence-electron chi connectivity index (χ0n) is 8.61. The number of hydrogen-bond acceptors (Lipinski definition) is 3. The molecule has 17 heavy (non-hydrogen) atoms. The van der Waals surface area contributed by atoms with E-state index in [1.807, 2.05) is 24.3 Å². The summed E-state index contributed by atoms with van der Waals surface area (Å²) in [5, 5.41) is 0.713. The largest absolute Gasteiger partial charge is 0.309 e. The Bertz CT molecular complexity index is 570. The molecule has 0 aliphatic carbocycles. The molecule has 1 heterocycles. The van der Waals surface area contributed by atoms with Crippen molar-refractivity contribution in [1.29, 1.82) is 0 Å². The molecule has 0 atom stereocenters. The number of aromatic amines is 1. The van der Waals surface area contributed by atoms with Gasteiger partial charge in [-0.2, -0.15) is 0 Å². The standard InChI is InChI=1S/C11H8BrClN2OS/c12-9-5-14-10(15-11(9)16)6-17-8-3-1-7(13)2-4-8/h1-5H,6H2,(H,14,15,16). The van der Waals surface area contributed by atoms with Crippen molar-refractivity contribution in [3.63, 3.8) is 0 Å². The summed E-state index contributed by atoms with van der Waals surface area (Å²) in [4.78, 5) is 19.2. The van der Waals surface area contributed by atoms with Gasteiger partial charge in [0.25, 0.3) is 5.56 Å². The first kappa shape index (κ1) is 12.7. The second-order valence-electron chi connectivity index (χ2n) is 3.25. The molecule has 0 saturated heterocycles. The van der Waals surface area contributed by atoms with Gasteiger partial charge >= 0.3 is 0 Å². The van der Waals surface area contributed by atoms with Crippen LogP contribution >= 0.6 is 39.3 Å². The molecule has 1 aromatic heterocycles. The van der Waals surface area contributed by atoms with Crippen LogP contribution in [0.1, 0.15) is 5.82 Å². The van der Waals surface area contributed by atoms with E-state index >= 15 is 0 Å². The minimum Gasteiger partial charge on any atom is -0.309 e. The zero-order chi connectivity index (χ0) is 12.3. The van der Waals surface area contributed by atoms with Crippen LogP contribution in [0.25, 0.3) is 0 Å². The van der Waals surface area contributed by atoms with Gasteiger partial charge in [0.1, 0.15) is 10.3 Å². The monoisotopic (exact) mass is 330 g/mol. The van der Waals surface area contributed by atoms with E-state index in [9.17, 15) is 4.79 Å². The second kappa shape index (κ2) is 5.71. The third-order valence-electron chi connectivity index (χ3n) is 2.00. The number of halogens is 2. The second-order valence-corrected chi connectivity index (χ2v) is 5.59. The number of thioether (sulfide) groups is 1. The van der Waals surface area contributed by atoms with E-state index in [1.54, 1.807) is 11.8 Å². The van der Waals surface area contributed by atoms with Crippen LogP contribution in [0.4, 0.5) is 0 Å². The predicted octanol–water partition coefficient (Wildman–Crippen LogP) is 3.48. The maximum atomic E-state index is 11.3. The number of hydrogen-bond donors (Lipinski definition) is 1. The summed E-state index contributed by atoms with van der Waals surface area (Å²) in [7, 11) is 0. The number of nitrogens with one attached hydrogen (secondary N) is 1. The highest BCUT2D eigenvalue weighted by Crippen LogP contribution is 2.22. The molecule has 0 bridgehead atoms. The van der Waals surface area contributed by atoms with Crippen molar-refractivity contribution in [3.8, 4) is 0 Å². The van der Waals surface area contributed by atoms with E-state index < -0.39 is 0 Å². The molecule has 0 unspecified atom stereocenters. The first-order chi connectivity index (χ1) is 8.15. The molecule has 0 aliphatic rings. The summed E-state index contributed by atoms with van der Waals surface area (Å²) >= 11 is 10.5. The van der Waals surface area contributed by atoms with E-state index in [0.29, 0.717) is 21.1 Å².